The molecular weight excluding hydrogens is 380 g/mol. The van der Waals surface area contributed by atoms with Crippen molar-refractivity contribution >= 4 is 17.4 Å². The first-order valence-corrected chi connectivity index (χ1v) is 9.94. The van der Waals surface area contributed by atoms with Gasteiger partial charge in [-0.25, -0.2) is 19.6 Å². The maximum absolute atomic E-state index is 13.2. The second-order valence-corrected chi connectivity index (χ2v) is 7.34. The zero-order chi connectivity index (χ0) is 20.7. The van der Waals surface area contributed by atoms with E-state index >= 15 is 0 Å². The van der Waals surface area contributed by atoms with Crippen molar-refractivity contribution in [2.45, 2.75) is 13.8 Å². The molecule has 1 fully saturated rings. The molecule has 1 saturated heterocycles. The van der Waals surface area contributed by atoms with Crippen molar-refractivity contribution < 1.29 is 4.79 Å². The molecule has 0 bridgehead atoms. The standard InChI is InChI=1S/C21H22N8O/c1-15-20(28-8-4-3-6-17(28)23-15)21(30)27-12-10-26(11-13-27)18-14-19(25-16(2)24-18)29-9-5-7-22-29/h3-9,14H,10-13H2,1-2H3. The van der Waals surface area contributed by atoms with E-state index in [4.69, 9.17) is 0 Å². The van der Waals surface area contributed by atoms with Crippen molar-refractivity contribution in [3.63, 3.8) is 0 Å². The van der Waals surface area contributed by atoms with Crippen LogP contribution >= 0.6 is 0 Å². The maximum Gasteiger partial charge on any atom is 0.272 e. The summed E-state index contributed by atoms with van der Waals surface area (Å²) in [6.45, 7) is 6.42. The summed E-state index contributed by atoms with van der Waals surface area (Å²) in [5.41, 5.74) is 2.18. The molecule has 0 saturated carbocycles. The van der Waals surface area contributed by atoms with Gasteiger partial charge in [0.25, 0.3) is 5.91 Å². The number of imidazole rings is 1. The highest BCUT2D eigenvalue weighted by Crippen LogP contribution is 2.19. The average molecular weight is 402 g/mol. The van der Waals surface area contributed by atoms with Gasteiger partial charge in [0.2, 0.25) is 0 Å². The van der Waals surface area contributed by atoms with Gasteiger partial charge in [0, 0.05) is 50.8 Å². The Bertz CT molecular complexity index is 1210. The molecule has 4 aromatic heterocycles. The number of aryl methyl sites for hydroxylation is 2. The average Bonchev–Trinajstić information content (AvgIpc) is 3.40. The summed E-state index contributed by atoms with van der Waals surface area (Å²) >= 11 is 0. The van der Waals surface area contributed by atoms with E-state index in [0.717, 1.165) is 23.0 Å². The molecule has 1 aliphatic heterocycles. The Labute approximate surface area is 173 Å². The Morgan fingerprint density at radius 1 is 0.933 bits per heavy atom. The van der Waals surface area contributed by atoms with Crippen molar-refractivity contribution in [2.24, 2.45) is 0 Å². The van der Waals surface area contributed by atoms with Crippen LogP contribution in [-0.4, -0.2) is 66.1 Å². The molecule has 152 valence electrons. The Hall–Kier alpha value is -3.75. The van der Waals surface area contributed by atoms with Crippen LogP contribution in [0.3, 0.4) is 0 Å². The van der Waals surface area contributed by atoms with Crippen LogP contribution in [-0.2, 0) is 0 Å². The van der Waals surface area contributed by atoms with E-state index in [1.165, 1.54) is 0 Å². The van der Waals surface area contributed by atoms with E-state index in [9.17, 15) is 4.79 Å². The van der Waals surface area contributed by atoms with Crippen LogP contribution in [0.1, 0.15) is 22.0 Å². The molecular formula is C21H22N8O. The van der Waals surface area contributed by atoms with Crippen LogP contribution in [0.25, 0.3) is 11.5 Å². The second kappa shape index (κ2) is 7.25. The highest BCUT2D eigenvalue weighted by Gasteiger charge is 2.27. The molecule has 1 amide bonds. The summed E-state index contributed by atoms with van der Waals surface area (Å²) in [4.78, 5) is 30.9. The first-order chi connectivity index (χ1) is 14.6. The van der Waals surface area contributed by atoms with E-state index in [0.29, 0.717) is 37.7 Å². The summed E-state index contributed by atoms with van der Waals surface area (Å²) in [5, 5.41) is 4.26. The van der Waals surface area contributed by atoms with Crippen LogP contribution in [0.2, 0.25) is 0 Å². The van der Waals surface area contributed by atoms with Gasteiger partial charge >= 0.3 is 0 Å². The molecule has 0 aliphatic carbocycles. The zero-order valence-electron chi connectivity index (χ0n) is 16.9. The van der Waals surface area contributed by atoms with Gasteiger partial charge < -0.3 is 9.80 Å². The number of carbonyl (C=O) groups is 1. The predicted octanol–water partition coefficient (Wildman–Crippen LogP) is 1.89. The summed E-state index contributed by atoms with van der Waals surface area (Å²) in [5.74, 6) is 2.30. The maximum atomic E-state index is 13.2. The molecule has 0 N–H and O–H groups in total. The lowest BCUT2D eigenvalue weighted by molar-refractivity contribution is 0.0738. The zero-order valence-corrected chi connectivity index (χ0v) is 16.9. The molecule has 9 nitrogen and oxygen atoms in total. The van der Waals surface area contributed by atoms with Crippen LogP contribution < -0.4 is 4.90 Å². The van der Waals surface area contributed by atoms with Gasteiger partial charge in [-0.3, -0.25) is 9.20 Å². The van der Waals surface area contributed by atoms with Crippen molar-refractivity contribution in [2.75, 3.05) is 31.1 Å². The normalized spacial score (nSPS) is 14.5. The number of pyridine rings is 1. The molecule has 0 atom stereocenters. The summed E-state index contributed by atoms with van der Waals surface area (Å²) in [7, 11) is 0. The first-order valence-electron chi connectivity index (χ1n) is 9.94. The number of anilines is 1. The number of hydrogen-bond acceptors (Lipinski definition) is 6. The number of rotatable bonds is 3. The van der Waals surface area contributed by atoms with Crippen molar-refractivity contribution in [1.29, 1.82) is 0 Å². The van der Waals surface area contributed by atoms with Crippen LogP contribution in [0.4, 0.5) is 5.82 Å². The third-order valence-corrected chi connectivity index (χ3v) is 5.35. The van der Waals surface area contributed by atoms with E-state index in [-0.39, 0.29) is 5.91 Å². The van der Waals surface area contributed by atoms with Gasteiger partial charge in [-0.1, -0.05) is 6.07 Å². The van der Waals surface area contributed by atoms with E-state index < -0.39 is 0 Å². The molecule has 5 rings (SSSR count). The fourth-order valence-corrected chi connectivity index (χ4v) is 3.88. The highest BCUT2D eigenvalue weighted by atomic mass is 16.2. The predicted molar refractivity (Wildman–Crippen MR) is 112 cm³/mol. The highest BCUT2D eigenvalue weighted by molar-refractivity contribution is 5.94. The number of aromatic nitrogens is 6. The number of fused-ring (bicyclic) bond motifs is 1. The monoisotopic (exact) mass is 402 g/mol. The Morgan fingerprint density at radius 3 is 2.50 bits per heavy atom. The SMILES string of the molecule is Cc1nc(N2CCN(C(=O)c3c(C)nc4ccccn34)CC2)cc(-n2cccn2)n1. The third kappa shape index (κ3) is 3.18. The molecule has 9 heteroatoms. The largest absolute Gasteiger partial charge is 0.353 e. The minimum Gasteiger partial charge on any atom is -0.353 e. The molecule has 0 radical (unpaired) electrons. The fraction of sp³-hybridized carbons (Fsp3) is 0.286. The van der Waals surface area contributed by atoms with Crippen LogP contribution in [0.5, 0.6) is 0 Å². The van der Waals surface area contributed by atoms with Crippen molar-refractivity contribution in [1.82, 2.24) is 34.0 Å². The van der Waals surface area contributed by atoms with Gasteiger partial charge in [-0.15, -0.1) is 0 Å². The fourth-order valence-electron chi connectivity index (χ4n) is 3.88. The van der Waals surface area contributed by atoms with E-state index in [1.54, 1.807) is 10.9 Å². The minimum absolute atomic E-state index is 0.0157. The van der Waals surface area contributed by atoms with Gasteiger partial charge in [0.1, 0.15) is 23.0 Å². The molecule has 5 heterocycles. The van der Waals surface area contributed by atoms with Crippen LogP contribution in [0.15, 0.2) is 48.9 Å². The molecule has 1 aliphatic rings. The van der Waals surface area contributed by atoms with Crippen molar-refractivity contribution in [3.05, 3.63) is 66.1 Å². The Kier molecular flexibility index (Phi) is 4.42. The lowest BCUT2D eigenvalue weighted by Crippen LogP contribution is -2.49. The van der Waals surface area contributed by atoms with Gasteiger partial charge in [0.15, 0.2) is 5.82 Å². The van der Waals surface area contributed by atoms with Gasteiger partial charge in [-0.2, -0.15) is 5.10 Å². The molecule has 0 aromatic carbocycles. The lowest BCUT2D eigenvalue weighted by Gasteiger charge is -2.35. The van der Waals surface area contributed by atoms with Crippen LogP contribution in [0, 0.1) is 13.8 Å². The van der Waals surface area contributed by atoms with Crippen molar-refractivity contribution in [3.8, 4) is 5.82 Å². The number of carbonyl (C=O) groups excluding carboxylic acids is 1. The third-order valence-electron chi connectivity index (χ3n) is 5.35. The first kappa shape index (κ1) is 18.3. The topological polar surface area (TPSA) is 84.5 Å². The number of piperazine rings is 1. The summed E-state index contributed by atoms with van der Waals surface area (Å²) in [6.07, 6.45) is 5.48. The summed E-state index contributed by atoms with van der Waals surface area (Å²) in [6, 6.07) is 9.56. The number of hydrogen-bond donors (Lipinski definition) is 0. The number of nitrogens with zero attached hydrogens (tertiary/aromatic N) is 8. The number of amides is 1. The molecule has 30 heavy (non-hydrogen) atoms. The lowest BCUT2D eigenvalue weighted by atomic mass is 10.2. The quantitative estimate of drug-likeness (QED) is 0.520. The Balaban J connectivity index is 1.34. The Morgan fingerprint density at radius 2 is 1.73 bits per heavy atom. The minimum atomic E-state index is 0.0157. The van der Waals surface area contributed by atoms with Gasteiger partial charge in [-0.05, 0) is 32.0 Å². The summed E-state index contributed by atoms with van der Waals surface area (Å²) < 4.78 is 3.60. The smallest absolute Gasteiger partial charge is 0.272 e. The molecule has 0 unspecified atom stereocenters. The van der Waals surface area contributed by atoms with E-state index in [2.05, 4.69) is 25.0 Å². The molecule has 4 aromatic rings. The molecule has 0 spiro atoms. The van der Waals surface area contributed by atoms with E-state index in [1.807, 2.05) is 65.9 Å². The van der Waals surface area contributed by atoms with Gasteiger partial charge in [0.05, 0.1) is 5.69 Å². The second-order valence-electron chi connectivity index (χ2n) is 7.34.